The Bertz CT molecular complexity index is 568. The molecule has 0 amide bonds. The summed E-state index contributed by atoms with van der Waals surface area (Å²) in [5.74, 6) is 0.921. The van der Waals surface area contributed by atoms with E-state index in [-0.39, 0.29) is 6.04 Å². The van der Waals surface area contributed by atoms with Crippen molar-refractivity contribution in [2.45, 2.75) is 19.9 Å². The van der Waals surface area contributed by atoms with Gasteiger partial charge in [-0.3, -0.25) is 0 Å². The van der Waals surface area contributed by atoms with Crippen molar-refractivity contribution in [2.75, 3.05) is 12.4 Å². The maximum Gasteiger partial charge on any atom is 0.124 e. The normalized spacial score (nSPS) is 12.0. The molecular weight excluding hydrogens is 349 g/mol. The number of benzene rings is 2. The van der Waals surface area contributed by atoms with Crippen LogP contribution in [0.3, 0.4) is 0 Å². The van der Waals surface area contributed by atoms with E-state index >= 15 is 0 Å². The van der Waals surface area contributed by atoms with Gasteiger partial charge in [0.2, 0.25) is 0 Å². The van der Waals surface area contributed by atoms with E-state index in [4.69, 9.17) is 4.74 Å². The minimum atomic E-state index is 0.203. The molecule has 100 valence electrons. The third-order valence-corrected chi connectivity index (χ3v) is 4.32. The molecule has 0 aliphatic carbocycles. The monoisotopic (exact) mass is 367 g/mol. The summed E-state index contributed by atoms with van der Waals surface area (Å²) in [6, 6.07) is 14.7. The summed E-state index contributed by atoms with van der Waals surface area (Å²) in [7, 11) is 1.71. The van der Waals surface area contributed by atoms with Crippen LogP contribution in [0.15, 0.2) is 42.5 Å². The molecule has 1 atom stereocenters. The van der Waals surface area contributed by atoms with Crippen LogP contribution < -0.4 is 10.1 Å². The van der Waals surface area contributed by atoms with Gasteiger partial charge in [0, 0.05) is 14.8 Å². The third-order valence-electron chi connectivity index (χ3n) is 3.16. The lowest BCUT2D eigenvalue weighted by molar-refractivity contribution is 0.408. The molecule has 0 fully saturated rings. The van der Waals surface area contributed by atoms with E-state index in [1.54, 1.807) is 7.11 Å². The molecule has 0 aromatic heterocycles. The molecule has 19 heavy (non-hydrogen) atoms. The summed E-state index contributed by atoms with van der Waals surface area (Å²) in [6.07, 6.45) is 0. The van der Waals surface area contributed by atoms with Gasteiger partial charge in [-0.2, -0.15) is 0 Å². The van der Waals surface area contributed by atoms with Crippen molar-refractivity contribution in [3.63, 3.8) is 0 Å². The van der Waals surface area contributed by atoms with Crippen LogP contribution in [0, 0.1) is 10.5 Å². The average molecular weight is 367 g/mol. The van der Waals surface area contributed by atoms with Crippen molar-refractivity contribution in [1.29, 1.82) is 0 Å². The molecule has 1 unspecified atom stereocenters. The molecule has 2 rings (SSSR count). The first-order chi connectivity index (χ1) is 9.11. The number of aryl methyl sites for hydroxylation is 1. The molecule has 0 bridgehead atoms. The maximum atomic E-state index is 5.41. The fourth-order valence-electron chi connectivity index (χ4n) is 2.03. The predicted molar refractivity (Wildman–Crippen MR) is 88.9 cm³/mol. The molecule has 0 saturated heterocycles. The standard InChI is InChI=1S/C16H18INO/c1-11-8-9-13(10-15(11)17)18-12(2)14-6-4-5-7-16(14)19-3/h4-10,12,18H,1-3H3. The van der Waals surface area contributed by atoms with Gasteiger partial charge in [0.1, 0.15) is 5.75 Å². The van der Waals surface area contributed by atoms with E-state index in [0.29, 0.717) is 0 Å². The average Bonchev–Trinajstić information content (AvgIpc) is 2.43. The Hall–Kier alpha value is -1.23. The van der Waals surface area contributed by atoms with Gasteiger partial charge < -0.3 is 10.1 Å². The van der Waals surface area contributed by atoms with E-state index in [9.17, 15) is 0 Å². The summed E-state index contributed by atoms with van der Waals surface area (Å²) in [6.45, 7) is 4.26. The first-order valence-electron chi connectivity index (χ1n) is 6.27. The molecule has 2 nitrogen and oxygen atoms in total. The van der Waals surface area contributed by atoms with E-state index in [1.807, 2.05) is 18.2 Å². The molecule has 0 heterocycles. The van der Waals surface area contributed by atoms with Crippen molar-refractivity contribution >= 4 is 28.3 Å². The van der Waals surface area contributed by atoms with E-state index in [1.165, 1.54) is 14.7 Å². The summed E-state index contributed by atoms with van der Waals surface area (Å²) in [5, 5.41) is 3.52. The first-order valence-corrected chi connectivity index (χ1v) is 7.35. The smallest absolute Gasteiger partial charge is 0.124 e. The highest BCUT2D eigenvalue weighted by atomic mass is 127. The van der Waals surface area contributed by atoms with Crippen LogP contribution in [0.2, 0.25) is 0 Å². The number of halogens is 1. The molecule has 2 aromatic rings. The number of rotatable bonds is 4. The van der Waals surface area contributed by atoms with Gasteiger partial charge in [-0.1, -0.05) is 24.3 Å². The Balaban J connectivity index is 2.20. The second-order valence-electron chi connectivity index (χ2n) is 4.57. The van der Waals surface area contributed by atoms with Crippen molar-refractivity contribution in [1.82, 2.24) is 0 Å². The zero-order valence-corrected chi connectivity index (χ0v) is 13.6. The van der Waals surface area contributed by atoms with Crippen molar-refractivity contribution in [3.05, 3.63) is 57.2 Å². The number of hydrogen-bond donors (Lipinski definition) is 1. The van der Waals surface area contributed by atoms with Gasteiger partial charge in [0.15, 0.2) is 0 Å². The van der Waals surface area contributed by atoms with E-state index in [0.717, 1.165) is 11.4 Å². The predicted octanol–water partition coefficient (Wildman–Crippen LogP) is 4.78. The van der Waals surface area contributed by atoms with Crippen LogP contribution in [-0.2, 0) is 0 Å². The van der Waals surface area contributed by atoms with Crippen LogP contribution in [0.4, 0.5) is 5.69 Å². The van der Waals surface area contributed by atoms with Gasteiger partial charge in [0.05, 0.1) is 13.2 Å². The van der Waals surface area contributed by atoms with Gasteiger partial charge in [-0.15, -0.1) is 0 Å². The van der Waals surface area contributed by atoms with Crippen molar-refractivity contribution < 1.29 is 4.74 Å². The lowest BCUT2D eigenvalue weighted by Gasteiger charge is -2.18. The van der Waals surface area contributed by atoms with Gasteiger partial charge in [-0.25, -0.2) is 0 Å². The maximum absolute atomic E-state index is 5.41. The number of ether oxygens (including phenoxy) is 1. The zero-order valence-electron chi connectivity index (χ0n) is 11.4. The fraction of sp³-hybridized carbons (Fsp3) is 0.250. The number of hydrogen-bond acceptors (Lipinski definition) is 2. The summed E-state index contributed by atoms with van der Waals surface area (Å²) in [5.41, 5.74) is 3.60. The minimum Gasteiger partial charge on any atom is -0.496 e. The number of para-hydroxylation sites is 1. The summed E-state index contributed by atoms with van der Waals surface area (Å²) in [4.78, 5) is 0. The molecule has 0 saturated carbocycles. The molecule has 0 radical (unpaired) electrons. The van der Waals surface area contributed by atoms with E-state index < -0.39 is 0 Å². The number of anilines is 1. The highest BCUT2D eigenvalue weighted by Gasteiger charge is 2.10. The lowest BCUT2D eigenvalue weighted by Crippen LogP contribution is -2.08. The first kappa shape index (κ1) is 14.2. The number of methoxy groups -OCH3 is 1. The van der Waals surface area contributed by atoms with E-state index in [2.05, 4.69) is 66.0 Å². The topological polar surface area (TPSA) is 21.3 Å². The SMILES string of the molecule is COc1ccccc1C(C)Nc1ccc(C)c(I)c1. The Kier molecular flexibility index (Phi) is 4.69. The Morgan fingerprint density at radius 2 is 1.89 bits per heavy atom. The van der Waals surface area contributed by atoms with Crippen LogP contribution >= 0.6 is 22.6 Å². The second kappa shape index (κ2) is 6.28. The highest BCUT2D eigenvalue weighted by molar-refractivity contribution is 14.1. The highest BCUT2D eigenvalue weighted by Crippen LogP contribution is 2.28. The van der Waals surface area contributed by atoms with Crippen LogP contribution in [0.1, 0.15) is 24.1 Å². The minimum absolute atomic E-state index is 0.203. The molecule has 0 aliphatic rings. The fourth-order valence-corrected chi connectivity index (χ4v) is 2.55. The molecule has 2 aromatic carbocycles. The second-order valence-corrected chi connectivity index (χ2v) is 5.73. The Labute approximate surface area is 128 Å². The molecular formula is C16H18INO. The third kappa shape index (κ3) is 3.41. The Morgan fingerprint density at radius 1 is 1.16 bits per heavy atom. The van der Waals surface area contributed by atoms with Crippen molar-refractivity contribution in [2.24, 2.45) is 0 Å². The molecule has 3 heteroatoms. The van der Waals surface area contributed by atoms with Gasteiger partial charge in [-0.05, 0) is 60.2 Å². The van der Waals surface area contributed by atoms with Crippen molar-refractivity contribution in [3.8, 4) is 5.75 Å². The molecule has 0 aliphatic heterocycles. The van der Waals surface area contributed by atoms with Crippen LogP contribution in [0.25, 0.3) is 0 Å². The van der Waals surface area contributed by atoms with Gasteiger partial charge >= 0.3 is 0 Å². The number of nitrogens with one attached hydrogen (secondary N) is 1. The molecule has 1 N–H and O–H groups in total. The quantitative estimate of drug-likeness (QED) is 0.786. The lowest BCUT2D eigenvalue weighted by atomic mass is 10.1. The molecule has 0 spiro atoms. The van der Waals surface area contributed by atoms with Gasteiger partial charge in [0.25, 0.3) is 0 Å². The summed E-state index contributed by atoms with van der Waals surface area (Å²) >= 11 is 2.36. The van der Waals surface area contributed by atoms with Crippen LogP contribution in [-0.4, -0.2) is 7.11 Å². The largest absolute Gasteiger partial charge is 0.496 e. The zero-order chi connectivity index (χ0) is 13.8. The summed E-state index contributed by atoms with van der Waals surface area (Å²) < 4.78 is 6.68. The van der Waals surface area contributed by atoms with Crippen LogP contribution in [0.5, 0.6) is 5.75 Å². The Morgan fingerprint density at radius 3 is 2.58 bits per heavy atom.